The smallest absolute Gasteiger partial charge is 0.0182 e. The molecule has 1 atom stereocenters. The van der Waals surface area contributed by atoms with E-state index < -0.39 is 0 Å². The van der Waals surface area contributed by atoms with Gasteiger partial charge in [-0.2, -0.15) is 0 Å². The van der Waals surface area contributed by atoms with Crippen LogP contribution < -0.4 is 5.32 Å². The Morgan fingerprint density at radius 1 is 1.19 bits per heavy atom. The Morgan fingerprint density at radius 3 is 2.62 bits per heavy atom. The summed E-state index contributed by atoms with van der Waals surface area (Å²) in [6.07, 6.45) is 7.87. The summed E-state index contributed by atoms with van der Waals surface area (Å²) in [5.74, 6) is 0. The molecule has 1 N–H and O–H groups in total. The van der Waals surface area contributed by atoms with Crippen LogP contribution in [0, 0.1) is 0 Å². The fourth-order valence-corrected chi connectivity index (χ4v) is 2.75. The summed E-state index contributed by atoms with van der Waals surface area (Å²) >= 11 is 0. The second-order valence-corrected chi connectivity index (χ2v) is 5.00. The van der Waals surface area contributed by atoms with Crippen molar-refractivity contribution in [2.45, 2.75) is 51.0 Å². The molecular formula is C15H23N. The van der Waals surface area contributed by atoms with Crippen molar-refractivity contribution in [1.82, 2.24) is 5.32 Å². The number of piperidine rings is 1. The predicted octanol–water partition coefficient (Wildman–Crippen LogP) is 3.54. The highest BCUT2D eigenvalue weighted by atomic mass is 15.0. The molecule has 1 unspecified atom stereocenters. The van der Waals surface area contributed by atoms with Crippen LogP contribution in [0.5, 0.6) is 0 Å². The molecule has 0 spiro atoms. The second kappa shape index (κ2) is 5.49. The van der Waals surface area contributed by atoms with E-state index in [1.807, 2.05) is 0 Å². The first kappa shape index (κ1) is 11.7. The molecule has 0 bridgehead atoms. The molecule has 1 fully saturated rings. The van der Waals surface area contributed by atoms with Gasteiger partial charge in [0.2, 0.25) is 0 Å². The maximum atomic E-state index is 3.75. The zero-order valence-electron chi connectivity index (χ0n) is 10.3. The number of aryl methyl sites for hydroxylation is 1. The Hall–Kier alpha value is -0.820. The fraction of sp³-hybridized carbons (Fsp3) is 0.600. The Bertz CT molecular complexity index is 298. The summed E-state index contributed by atoms with van der Waals surface area (Å²) in [6.45, 7) is 3.53. The van der Waals surface area contributed by atoms with E-state index >= 15 is 0 Å². The quantitative estimate of drug-likeness (QED) is 0.813. The van der Waals surface area contributed by atoms with Crippen LogP contribution in [0.3, 0.4) is 0 Å². The lowest BCUT2D eigenvalue weighted by Crippen LogP contribution is -2.48. The number of hydrogen-bond acceptors (Lipinski definition) is 1. The molecule has 1 aromatic rings. The van der Waals surface area contributed by atoms with Crippen molar-refractivity contribution in [3.05, 3.63) is 35.9 Å². The monoisotopic (exact) mass is 217 g/mol. The molecular weight excluding hydrogens is 194 g/mol. The minimum Gasteiger partial charge on any atom is -0.311 e. The molecule has 1 aliphatic heterocycles. The molecule has 1 aliphatic rings. The van der Waals surface area contributed by atoms with E-state index in [0.717, 1.165) is 0 Å². The average Bonchev–Trinajstić information content (AvgIpc) is 2.39. The average molecular weight is 217 g/mol. The van der Waals surface area contributed by atoms with Gasteiger partial charge in [-0.3, -0.25) is 0 Å². The molecule has 0 radical (unpaired) electrons. The minimum atomic E-state index is 0.425. The molecule has 2 rings (SSSR count). The normalized spacial score (nSPS) is 25.6. The highest BCUT2D eigenvalue weighted by Gasteiger charge is 2.28. The van der Waals surface area contributed by atoms with Crippen LogP contribution in [0.25, 0.3) is 0 Å². The lowest BCUT2D eigenvalue weighted by molar-refractivity contribution is 0.229. The maximum absolute atomic E-state index is 3.75. The highest BCUT2D eigenvalue weighted by molar-refractivity contribution is 5.15. The molecule has 0 saturated carbocycles. The summed E-state index contributed by atoms with van der Waals surface area (Å²) in [5, 5.41) is 3.75. The van der Waals surface area contributed by atoms with Crippen molar-refractivity contribution in [2.75, 3.05) is 6.54 Å². The van der Waals surface area contributed by atoms with Crippen molar-refractivity contribution in [3.63, 3.8) is 0 Å². The van der Waals surface area contributed by atoms with Crippen LogP contribution in [-0.2, 0) is 6.42 Å². The second-order valence-electron chi connectivity index (χ2n) is 5.00. The number of nitrogens with one attached hydrogen (secondary N) is 1. The van der Waals surface area contributed by atoms with Gasteiger partial charge >= 0.3 is 0 Å². The zero-order valence-corrected chi connectivity index (χ0v) is 10.3. The Balaban J connectivity index is 1.92. The van der Waals surface area contributed by atoms with Crippen LogP contribution in [0.2, 0.25) is 0 Å². The van der Waals surface area contributed by atoms with Crippen molar-refractivity contribution >= 4 is 0 Å². The first-order valence-corrected chi connectivity index (χ1v) is 6.64. The van der Waals surface area contributed by atoms with E-state index in [4.69, 9.17) is 0 Å². The molecule has 1 saturated heterocycles. The Labute approximate surface area is 99.3 Å². The van der Waals surface area contributed by atoms with Gasteiger partial charge in [-0.05, 0) is 44.2 Å². The standard InChI is InChI=1S/C15H23N/c1-2-15(11-6-7-13-16-15)12-10-14-8-4-3-5-9-14/h3-5,8-9,16H,2,6-7,10-13H2,1H3. The third kappa shape index (κ3) is 2.85. The van der Waals surface area contributed by atoms with Crippen LogP contribution in [-0.4, -0.2) is 12.1 Å². The number of hydrogen-bond donors (Lipinski definition) is 1. The molecule has 1 heterocycles. The first-order valence-electron chi connectivity index (χ1n) is 6.64. The SMILES string of the molecule is CCC1(CCc2ccccc2)CCCCN1. The molecule has 16 heavy (non-hydrogen) atoms. The van der Waals surface area contributed by atoms with Gasteiger partial charge in [0.15, 0.2) is 0 Å². The summed E-state index contributed by atoms with van der Waals surface area (Å²) in [4.78, 5) is 0. The lowest BCUT2D eigenvalue weighted by Gasteiger charge is -2.38. The van der Waals surface area contributed by atoms with Gasteiger partial charge in [0.1, 0.15) is 0 Å². The van der Waals surface area contributed by atoms with Gasteiger partial charge in [0, 0.05) is 5.54 Å². The zero-order chi connectivity index (χ0) is 11.3. The van der Waals surface area contributed by atoms with E-state index in [2.05, 4.69) is 42.6 Å². The van der Waals surface area contributed by atoms with Gasteiger partial charge in [0.05, 0.1) is 0 Å². The van der Waals surface area contributed by atoms with Gasteiger partial charge in [-0.1, -0.05) is 43.7 Å². The summed E-state index contributed by atoms with van der Waals surface area (Å²) in [7, 11) is 0. The van der Waals surface area contributed by atoms with Gasteiger partial charge in [-0.15, -0.1) is 0 Å². The van der Waals surface area contributed by atoms with Crippen molar-refractivity contribution < 1.29 is 0 Å². The van der Waals surface area contributed by atoms with Crippen molar-refractivity contribution in [2.24, 2.45) is 0 Å². The van der Waals surface area contributed by atoms with Gasteiger partial charge < -0.3 is 5.32 Å². The van der Waals surface area contributed by atoms with Crippen LogP contribution in [0.1, 0.15) is 44.6 Å². The third-order valence-electron chi connectivity index (χ3n) is 3.99. The topological polar surface area (TPSA) is 12.0 Å². The minimum absolute atomic E-state index is 0.425. The lowest BCUT2D eigenvalue weighted by atomic mass is 9.81. The molecule has 0 amide bonds. The molecule has 0 aliphatic carbocycles. The number of benzene rings is 1. The third-order valence-corrected chi connectivity index (χ3v) is 3.99. The number of rotatable bonds is 4. The van der Waals surface area contributed by atoms with E-state index in [0.29, 0.717) is 5.54 Å². The first-order chi connectivity index (χ1) is 7.85. The molecule has 1 aromatic carbocycles. The largest absolute Gasteiger partial charge is 0.311 e. The maximum Gasteiger partial charge on any atom is 0.0182 e. The van der Waals surface area contributed by atoms with E-state index in [9.17, 15) is 0 Å². The van der Waals surface area contributed by atoms with E-state index in [1.54, 1.807) is 0 Å². The Kier molecular flexibility index (Phi) is 4.00. The summed E-state index contributed by atoms with van der Waals surface area (Å²) in [6, 6.07) is 10.9. The molecule has 88 valence electrons. The van der Waals surface area contributed by atoms with Crippen molar-refractivity contribution in [3.8, 4) is 0 Å². The van der Waals surface area contributed by atoms with Gasteiger partial charge in [0.25, 0.3) is 0 Å². The fourth-order valence-electron chi connectivity index (χ4n) is 2.75. The molecule has 0 aromatic heterocycles. The van der Waals surface area contributed by atoms with E-state index in [1.165, 1.54) is 50.6 Å². The van der Waals surface area contributed by atoms with Crippen molar-refractivity contribution in [1.29, 1.82) is 0 Å². The highest BCUT2D eigenvalue weighted by Crippen LogP contribution is 2.27. The predicted molar refractivity (Wildman–Crippen MR) is 69.6 cm³/mol. The van der Waals surface area contributed by atoms with Crippen LogP contribution in [0.15, 0.2) is 30.3 Å². The molecule has 1 heteroatoms. The van der Waals surface area contributed by atoms with Crippen LogP contribution >= 0.6 is 0 Å². The van der Waals surface area contributed by atoms with E-state index in [-0.39, 0.29) is 0 Å². The van der Waals surface area contributed by atoms with Gasteiger partial charge in [-0.25, -0.2) is 0 Å². The van der Waals surface area contributed by atoms with Crippen LogP contribution in [0.4, 0.5) is 0 Å². The summed E-state index contributed by atoms with van der Waals surface area (Å²) < 4.78 is 0. The molecule has 1 nitrogen and oxygen atoms in total. The summed E-state index contributed by atoms with van der Waals surface area (Å²) in [5.41, 5.74) is 1.90. The Morgan fingerprint density at radius 2 is 2.00 bits per heavy atom.